The summed E-state index contributed by atoms with van der Waals surface area (Å²) in [6.07, 6.45) is -2.82. The van der Waals surface area contributed by atoms with E-state index in [0.29, 0.717) is 15.6 Å². The Kier molecular flexibility index (Phi) is 11.8. The summed E-state index contributed by atoms with van der Waals surface area (Å²) in [4.78, 5) is 26.6. The maximum Gasteiger partial charge on any atom is 0.490 e. The molecule has 0 radical (unpaired) electrons. The fraction of sp³-hybridized carbons (Fsp3) is 0.310. The third-order valence-corrected chi connectivity index (χ3v) is 7.00. The maximum absolute atomic E-state index is 12.6. The molecule has 3 aromatic rings. The van der Waals surface area contributed by atoms with Crippen molar-refractivity contribution in [2.75, 3.05) is 38.0 Å². The summed E-state index contributed by atoms with van der Waals surface area (Å²) < 4.78 is 31.7. The molecule has 214 valence electrons. The van der Waals surface area contributed by atoms with Gasteiger partial charge < -0.3 is 15.3 Å². The van der Waals surface area contributed by atoms with Crippen molar-refractivity contribution in [2.24, 2.45) is 0 Å². The number of hydrogen-bond donors (Lipinski definition) is 2. The van der Waals surface area contributed by atoms with E-state index in [2.05, 4.69) is 51.5 Å². The third-order valence-electron chi connectivity index (χ3n) is 6.26. The molecule has 0 aromatic heterocycles. The van der Waals surface area contributed by atoms with Crippen LogP contribution in [-0.2, 0) is 17.8 Å². The lowest BCUT2D eigenvalue weighted by atomic mass is 10.1. The van der Waals surface area contributed by atoms with Crippen molar-refractivity contribution < 1.29 is 27.9 Å². The summed E-state index contributed by atoms with van der Waals surface area (Å²) in [6.45, 7) is 6.34. The Morgan fingerprint density at radius 2 is 1.48 bits per heavy atom. The number of rotatable bonds is 7. The number of nitrogens with zero attached hydrogens (tertiary/aromatic N) is 2. The zero-order valence-electron chi connectivity index (χ0n) is 21.6. The van der Waals surface area contributed by atoms with E-state index in [4.69, 9.17) is 33.1 Å². The Morgan fingerprint density at radius 3 is 2.15 bits per heavy atom. The molecule has 1 saturated heterocycles. The number of amides is 1. The molecule has 0 unspecified atom stereocenters. The second kappa shape index (κ2) is 15.0. The minimum atomic E-state index is -5.08. The van der Waals surface area contributed by atoms with Gasteiger partial charge in [-0.1, -0.05) is 65.7 Å². The van der Waals surface area contributed by atoms with Crippen LogP contribution in [0.4, 0.5) is 18.9 Å². The molecule has 0 spiro atoms. The first-order valence-electron chi connectivity index (χ1n) is 12.7. The highest BCUT2D eigenvalue weighted by atomic mass is 35.5. The molecule has 1 aliphatic rings. The van der Waals surface area contributed by atoms with Crippen LogP contribution in [0.2, 0.25) is 10.0 Å². The van der Waals surface area contributed by atoms with Crippen molar-refractivity contribution in [3.05, 3.63) is 99.5 Å². The van der Waals surface area contributed by atoms with Crippen LogP contribution < -0.4 is 5.32 Å². The molecule has 3 aromatic carbocycles. The van der Waals surface area contributed by atoms with Gasteiger partial charge in [-0.25, -0.2) is 4.79 Å². The molecule has 2 N–H and O–H groups in total. The number of hydrogen-bond acceptors (Lipinski definition) is 4. The van der Waals surface area contributed by atoms with Gasteiger partial charge in [-0.05, 0) is 67.4 Å². The van der Waals surface area contributed by atoms with E-state index < -0.39 is 12.1 Å². The van der Waals surface area contributed by atoms with E-state index in [0.717, 1.165) is 51.4 Å². The highest BCUT2D eigenvalue weighted by Crippen LogP contribution is 2.23. The molecule has 4 rings (SSSR count). The molecule has 11 heteroatoms. The molecule has 1 aliphatic heterocycles. The Morgan fingerprint density at radius 1 is 0.825 bits per heavy atom. The molecule has 1 fully saturated rings. The van der Waals surface area contributed by atoms with E-state index in [1.165, 1.54) is 17.5 Å². The van der Waals surface area contributed by atoms with Crippen LogP contribution >= 0.6 is 23.2 Å². The van der Waals surface area contributed by atoms with Crippen LogP contribution in [0.15, 0.2) is 72.8 Å². The lowest BCUT2D eigenvalue weighted by Gasteiger charge is -2.22. The van der Waals surface area contributed by atoms with E-state index in [-0.39, 0.29) is 5.91 Å². The number of carboxylic acid groups (broad SMARTS) is 1. The van der Waals surface area contributed by atoms with Gasteiger partial charge in [0.15, 0.2) is 0 Å². The summed E-state index contributed by atoms with van der Waals surface area (Å²) in [5.41, 5.74) is 3.86. The van der Waals surface area contributed by atoms with Gasteiger partial charge in [-0.15, -0.1) is 0 Å². The standard InChI is InChI=1S/C27H29Cl2N3O.C2HF3O2/c28-25-11-10-23(19-26(25)29)27(33)30-24-9-4-8-22(18-24)20-32-14-5-13-31(16-17-32)15-12-21-6-2-1-3-7-21;3-2(4,5)1(6)7/h1-4,6-11,18-19H,5,12-17,20H2,(H,30,33);(H,6,7). The number of halogens is 5. The van der Waals surface area contributed by atoms with Crippen molar-refractivity contribution in [1.29, 1.82) is 0 Å². The van der Waals surface area contributed by atoms with Crippen molar-refractivity contribution in [2.45, 2.75) is 25.6 Å². The van der Waals surface area contributed by atoms with Gasteiger partial charge in [-0.3, -0.25) is 9.69 Å². The summed E-state index contributed by atoms with van der Waals surface area (Å²) in [5.74, 6) is -2.96. The predicted molar refractivity (Wildman–Crippen MR) is 151 cm³/mol. The maximum atomic E-state index is 12.6. The first-order chi connectivity index (χ1) is 19.0. The summed E-state index contributed by atoms with van der Waals surface area (Å²) in [7, 11) is 0. The second-order valence-electron chi connectivity index (χ2n) is 9.29. The molecule has 40 heavy (non-hydrogen) atoms. The molecule has 1 amide bonds. The quantitative estimate of drug-likeness (QED) is 0.321. The lowest BCUT2D eigenvalue weighted by molar-refractivity contribution is -0.192. The molecule has 0 bridgehead atoms. The van der Waals surface area contributed by atoms with E-state index in [1.54, 1.807) is 18.2 Å². The third kappa shape index (κ3) is 10.5. The van der Waals surface area contributed by atoms with E-state index in [9.17, 15) is 18.0 Å². The molecular weight excluding hydrogens is 566 g/mol. The van der Waals surface area contributed by atoms with Gasteiger partial charge >= 0.3 is 12.1 Å². The largest absolute Gasteiger partial charge is 0.490 e. The summed E-state index contributed by atoms with van der Waals surface area (Å²) >= 11 is 12.0. The van der Waals surface area contributed by atoms with Gasteiger partial charge in [0.2, 0.25) is 0 Å². The van der Waals surface area contributed by atoms with Crippen molar-refractivity contribution in [3.8, 4) is 0 Å². The van der Waals surface area contributed by atoms with Gasteiger partial charge in [0.25, 0.3) is 5.91 Å². The van der Waals surface area contributed by atoms with E-state index in [1.807, 2.05) is 18.2 Å². The molecular formula is C29H30Cl2F3N3O3. The molecule has 0 saturated carbocycles. The van der Waals surface area contributed by atoms with Crippen LogP contribution in [0.25, 0.3) is 0 Å². The zero-order valence-corrected chi connectivity index (χ0v) is 23.1. The highest BCUT2D eigenvalue weighted by molar-refractivity contribution is 6.42. The molecule has 1 heterocycles. The van der Waals surface area contributed by atoms with Crippen molar-refractivity contribution in [3.63, 3.8) is 0 Å². The Bertz CT molecular complexity index is 1280. The van der Waals surface area contributed by atoms with Gasteiger partial charge in [0.1, 0.15) is 0 Å². The first-order valence-corrected chi connectivity index (χ1v) is 13.4. The average molecular weight is 596 g/mol. The number of benzene rings is 3. The molecule has 6 nitrogen and oxygen atoms in total. The zero-order chi connectivity index (χ0) is 29.1. The summed E-state index contributed by atoms with van der Waals surface area (Å²) in [5, 5.41) is 10.9. The molecule has 0 atom stereocenters. The van der Waals surface area contributed by atoms with Gasteiger partial charge in [-0.2, -0.15) is 13.2 Å². The topological polar surface area (TPSA) is 72.9 Å². The van der Waals surface area contributed by atoms with E-state index >= 15 is 0 Å². The fourth-order valence-corrected chi connectivity index (χ4v) is 4.48. The lowest BCUT2D eigenvalue weighted by Crippen LogP contribution is -2.31. The monoisotopic (exact) mass is 595 g/mol. The van der Waals surface area contributed by atoms with Crippen molar-refractivity contribution in [1.82, 2.24) is 9.80 Å². The van der Waals surface area contributed by atoms with Crippen molar-refractivity contribution >= 4 is 40.8 Å². The Hall–Kier alpha value is -3.11. The number of anilines is 1. The predicted octanol–water partition coefficient (Wildman–Crippen LogP) is 6.63. The number of aliphatic carboxylic acids is 1. The normalized spacial score (nSPS) is 14.5. The van der Waals surface area contributed by atoms with Gasteiger partial charge in [0.05, 0.1) is 10.0 Å². The smallest absolute Gasteiger partial charge is 0.475 e. The number of carbonyl (C=O) groups excluding carboxylic acids is 1. The average Bonchev–Trinajstić information content (AvgIpc) is 3.14. The molecule has 0 aliphatic carbocycles. The second-order valence-corrected chi connectivity index (χ2v) is 10.1. The summed E-state index contributed by atoms with van der Waals surface area (Å²) in [6, 6.07) is 23.7. The van der Waals surface area contributed by atoms with Gasteiger partial charge in [0, 0.05) is 37.4 Å². The number of nitrogens with one attached hydrogen (secondary N) is 1. The van der Waals surface area contributed by atoms with Crippen LogP contribution in [0, 0.1) is 0 Å². The van der Waals surface area contributed by atoms with Crippen LogP contribution in [0.3, 0.4) is 0 Å². The number of alkyl halides is 3. The van der Waals surface area contributed by atoms with Crippen LogP contribution in [0.5, 0.6) is 0 Å². The number of carboxylic acids is 1. The fourth-order valence-electron chi connectivity index (χ4n) is 4.18. The minimum Gasteiger partial charge on any atom is -0.475 e. The number of carbonyl (C=O) groups is 2. The Labute approximate surface area is 241 Å². The minimum absolute atomic E-state index is 0.199. The highest BCUT2D eigenvalue weighted by Gasteiger charge is 2.38. The van der Waals surface area contributed by atoms with Crippen LogP contribution in [0.1, 0.15) is 27.9 Å². The first kappa shape index (κ1) is 31.4. The Balaban J connectivity index is 0.000000559. The SMILES string of the molecule is O=C(Nc1cccc(CN2CCCN(CCc3ccccc3)CC2)c1)c1ccc(Cl)c(Cl)c1.O=C(O)C(F)(F)F. The van der Waals surface area contributed by atoms with Crippen LogP contribution in [-0.4, -0.2) is 65.7 Å².